The molecule has 8 heteroatoms. The Labute approximate surface area is 177 Å². The zero-order chi connectivity index (χ0) is 21.1. The minimum Gasteiger partial charge on any atom is -0.383 e. The molecular weight excluding hydrogens is 400 g/mol. The number of H-pyrrole nitrogens is 1. The predicted octanol–water partition coefficient (Wildman–Crippen LogP) is 3.43. The zero-order valence-electron chi connectivity index (χ0n) is 17.0. The Morgan fingerprint density at radius 1 is 1.13 bits per heavy atom. The Balaban J connectivity index is 1.56. The van der Waals surface area contributed by atoms with Crippen LogP contribution in [-0.2, 0) is 11.3 Å². The minimum absolute atomic E-state index is 0.0551. The smallest absolute Gasteiger partial charge is 0.326 e. The van der Waals surface area contributed by atoms with Crippen LogP contribution in [0, 0.1) is 0 Å². The number of thioether (sulfide) groups is 1. The van der Waals surface area contributed by atoms with Crippen LogP contribution < -0.4 is 11.2 Å². The van der Waals surface area contributed by atoms with E-state index in [1.807, 2.05) is 49.4 Å². The van der Waals surface area contributed by atoms with Crippen LogP contribution in [0.1, 0.15) is 19.4 Å². The molecule has 0 saturated carbocycles. The van der Waals surface area contributed by atoms with Gasteiger partial charge in [-0.1, -0.05) is 36.0 Å². The van der Waals surface area contributed by atoms with Crippen LogP contribution in [-0.4, -0.2) is 38.6 Å². The molecule has 7 nitrogen and oxygen atoms in total. The number of para-hydroxylation sites is 3. The molecule has 0 aliphatic heterocycles. The summed E-state index contributed by atoms with van der Waals surface area (Å²) in [5.74, 6) is 0.733. The van der Waals surface area contributed by atoms with Gasteiger partial charge in [0.1, 0.15) is 0 Å². The Morgan fingerprint density at radius 3 is 2.73 bits per heavy atom. The number of aryl methyl sites for hydroxylation is 1. The molecular formula is C22H24N4O3S. The second-order valence-electron chi connectivity index (χ2n) is 7.19. The number of aromatic amines is 1. The van der Waals surface area contributed by atoms with Gasteiger partial charge < -0.3 is 9.72 Å². The summed E-state index contributed by atoms with van der Waals surface area (Å²) in [6.45, 7) is 2.98. The minimum atomic E-state index is -0.127. The third kappa shape index (κ3) is 3.93. The lowest BCUT2D eigenvalue weighted by atomic mass is 10.2. The van der Waals surface area contributed by atoms with E-state index in [1.165, 1.54) is 11.8 Å². The molecule has 2 aromatic carbocycles. The monoisotopic (exact) mass is 424 g/mol. The number of nitrogens with zero attached hydrogens (tertiary/aromatic N) is 3. The van der Waals surface area contributed by atoms with E-state index >= 15 is 0 Å². The predicted molar refractivity (Wildman–Crippen MR) is 120 cm³/mol. The van der Waals surface area contributed by atoms with E-state index in [9.17, 15) is 9.59 Å². The van der Waals surface area contributed by atoms with E-state index in [0.717, 1.165) is 23.2 Å². The van der Waals surface area contributed by atoms with E-state index in [4.69, 9.17) is 9.72 Å². The molecule has 2 heterocycles. The summed E-state index contributed by atoms with van der Waals surface area (Å²) < 4.78 is 8.74. The van der Waals surface area contributed by atoms with E-state index in [-0.39, 0.29) is 17.3 Å². The van der Waals surface area contributed by atoms with Gasteiger partial charge in [0.25, 0.3) is 5.56 Å². The van der Waals surface area contributed by atoms with Crippen molar-refractivity contribution < 1.29 is 4.74 Å². The highest BCUT2D eigenvalue weighted by atomic mass is 32.2. The Morgan fingerprint density at radius 2 is 1.90 bits per heavy atom. The van der Waals surface area contributed by atoms with Crippen LogP contribution in [0.25, 0.3) is 21.9 Å². The first-order valence-electron chi connectivity index (χ1n) is 9.90. The second kappa shape index (κ2) is 8.89. The number of nitrogens with one attached hydrogen (secondary N) is 1. The maximum atomic E-state index is 13.1. The first kappa shape index (κ1) is 20.4. The quantitative estimate of drug-likeness (QED) is 0.266. The number of hydrogen-bond donors (Lipinski definition) is 1. The number of imidazole rings is 1. The average molecular weight is 425 g/mol. The van der Waals surface area contributed by atoms with Crippen molar-refractivity contribution in [3.63, 3.8) is 0 Å². The maximum Gasteiger partial charge on any atom is 0.326 e. The lowest BCUT2D eigenvalue weighted by Crippen LogP contribution is -2.28. The molecule has 0 fully saturated rings. The number of ether oxygens (including phenoxy) is 1. The van der Waals surface area contributed by atoms with Crippen LogP contribution in [0.2, 0.25) is 0 Å². The van der Waals surface area contributed by atoms with Crippen molar-refractivity contribution in [2.45, 2.75) is 31.1 Å². The van der Waals surface area contributed by atoms with E-state index < -0.39 is 0 Å². The normalized spacial score (nSPS) is 12.6. The van der Waals surface area contributed by atoms with Crippen molar-refractivity contribution >= 4 is 33.7 Å². The summed E-state index contributed by atoms with van der Waals surface area (Å²) in [5.41, 5.74) is 2.28. The Bertz CT molecular complexity index is 1290. The molecule has 0 aliphatic rings. The lowest BCUT2D eigenvalue weighted by molar-refractivity contribution is 0.156. The second-order valence-corrected chi connectivity index (χ2v) is 8.25. The highest BCUT2D eigenvalue weighted by molar-refractivity contribution is 7.99. The highest BCUT2D eigenvalue weighted by Gasteiger charge is 2.16. The fourth-order valence-electron chi connectivity index (χ4n) is 3.65. The number of hydrogen-bond acceptors (Lipinski definition) is 5. The fraction of sp³-hybridized carbons (Fsp3) is 0.318. The number of benzene rings is 2. The molecule has 4 rings (SSSR count). The summed E-state index contributed by atoms with van der Waals surface area (Å²) in [4.78, 5) is 32.9. The fourth-order valence-corrected chi connectivity index (χ4v) is 4.67. The van der Waals surface area contributed by atoms with E-state index in [1.54, 1.807) is 22.3 Å². The van der Waals surface area contributed by atoms with Crippen molar-refractivity contribution in [1.82, 2.24) is 19.1 Å². The van der Waals surface area contributed by atoms with Crippen molar-refractivity contribution in [2.24, 2.45) is 0 Å². The molecule has 0 amide bonds. The van der Waals surface area contributed by atoms with Gasteiger partial charge in [-0.3, -0.25) is 13.9 Å². The van der Waals surface area contributed by atoms with Gasteiger partial charge in [-0.15, -0.1) is 0 Å². The molecule has 156 valence electrons. The number of methoxy groups -OCH3 is 1. The SMILES string of the molecule is COCC(C)n1c(SCCCn2c(=O)[nH]c3ccccc32)nc2ccccc2c1=O. The summed E-state index contributed by atoms with van der Waals surface area (Å²) in [7, 11) is 1.63. The molecule has 4 aromatic rings. The Kier molecular flexibility index (Phi) is 6.06. The van der Waals surface area contributed by atoms with Gasteiger partial charge in [-0.25, -0.2) is 9.78 Å². The summed E-state index contributed by atoms with van der Waals surface area (Å²) in [6, 6.07) is 14.9. The molecule has 1 atom stereocenters. The van der Waals surface area contributed by atoms with Gasteiger partial charge in [-0.05, 0) is 37.6 Å². The van der Waals surface area contributed by atoms with Gasteiger partial charge in [-0.2, -0.15) is 0 Å². The van der Waals surface area contributed by atoms with Crippen LogP contribution in [0.4, 0.5) is 0 Å². The van der Waals surface area contributed by atoms with Crippen LogP contribution >= 0.6 is 11.8 Å². The van der Waals surface area contributed by atoms with Gasteiger partial charge in [0.15, 0.2) is 5.16 Å². The standard InChI is InChI=1S/C22H24N4O3S/c1-15(14-29-2)26-20(27)16-8-3-4-9-17(16)24-22(26)30-13-7-12-25-19-11-6-5-10-18(19)23-21(25)28/h3-6,8-11,15H,7,12-14H2,1-2H3,(H,23,28). The largest absolute Gasteiger partial charge is 0.383 e. The van der Waals surface area contributed by atoms with Crippen LogP contribution in [0.15, 0.2) is 63.3 Å². The molecule has 0 bridgehead atoms. The highest BCUT2D eigenvalue weighted by Crippen LogP contribution is 2.22. The van der Waals surface area contributed by atoms with Gasteiger partial charge in [0.05, 0.1) is 34.6 Å². The molecule has 0 radical (unpaired) electrons. The van der Waals surface area contributed by atoms with Gasteiger partial charge in [0.2, 0.25) is 0 Å². The van der Waals surface area contributed by atoms with Crippen molar-refractivity contribution in [3.8, 4) is 0 Å². The summed E-state index contributed by atoms with van der Waals surface area (Å²) in [6.07, 6.45) is 0.772. The molecule has 0 spiro atoms. The number of aromatic nitrogens is 4. The third-order valence-corrected chi connectivity index (χ3v) is 6.10. The number of fused-ring (bicyclic) bond motifs is 2. The van der Waals surface area contributed by atoms with Gasteiger partial charge in [0, 0.05) is 19.4 Å². The lowest BCUT2D eigenvalue weighted by Gasteiger charge is -2.18. The first-order valence-corrected chi connectivity index (χ1v) is 10.9. The van der Waals surface area contributed by atoms with Crippen molar-refractivity contribution in [2.75, 3.05) is 19.5 Å². The third-order valence-electron chi connectivity index (χ3n) is 5.06. The molecule has 0 saturated heterocycles. The zero-order valence-corrected chi connectivity index (χ0v) is 17.8. The van der Waals surface area contributed by atoms with Crippen LogP contribution in [0.3, 0.4) is 0 Å². The molecule has 1 N–H and O–H groups in total. The van der Waals surface area contributed by atoms with Crippen molar-refractivity contribution in [3.05, 3.63) is 69.4 Å². The van der Waals surface area contributed by atoms with E-state index in [2.05, 4.69) is 4.98 Å². The van der Waals surface area contributed by atoms with Gasteiger partial charge >= 0.3 is 5.69 Å². The van der Waals surface area contributed by atoms with Crippen LogP contribution in [0.5, 0.6) is 0 Å². The maximum absolute atomic E-state index is 13.1. The summed E-state index contributed by atoms with van der Waals surface area (Å²) >= 11 is 1.53. The molecule has 30 heavy (non-hydrogen) atoms. The first-order chi connectivity index (χ1) is 14.6. The average Bonchev–Trinajstić information content (AvgIpc) is 3.06. The topological polar surface area (TPSA) is 81.9 Å². The van der Waals surface area contributed by atoms with Crippen molar-refractivity contribution in [1.29, 1.82) is 0 Å². The van der Waals surface area contributed by atoms with E-state index in [0.29, 0.717) is 29.2 Å². The summed E-state index contributed by atoms with van der Waals surface area (Å²) in [5, 5.41) is 1.28. The molecule has 0 aliphatic carbocycles. The molecule has 2 aromatic heterocycles. The molecule has 1 unspecified atom stereocenters. The Hall–Kier alpha value is -2.84. The number of rotatable bonds is 8.